The van der Waals surface area contributed by atoms with Crippen molar-refractivity contribution in [1.82, 2.24) is 10.2 Å². The molecule has 3 nitrogen and oxygen atoms in total. The lowest BCUT2D eigenvalue weighted by molar-refractivity contribution is 0.0748. The second kappa shape index (κ2) is 6.17. The average molecular weight is 240 g/mol. The number of nitrogens with one attached hydrogen (secondary N) is 1. The summed E-state index contributed by atoms with van der Waals surface area (Å²) in [6.45, 7) is 3.82. The topological polar surface area (TPSA) is 35.5 Å². The first kappa shape index (κ1) is 13.3. The molecule has 0 amide bonds. The normalized spacial score (nSPS) is 27.2. The number of aliphatic hydroxyl groups is 1. The monoisotopic (exact) mass is 240 g/mol. The molecule has 2 aliphatic rings. The fourth-order valence-corrected chi connectivity index (χ4v) is 3.27. The van der Waals surface area contributed by atoms with Crippen LogP contribution in [0.1, 0.15) is 44.9 Å². The molecule has 0 atom stereocenters. The molecule has 1 aliphatic heterocycles. The third-order valence-corrected chi connectivity index (χ3v) is 4.73. The van der Waals surface area contributed by atoms with E-state index < -0.39 is 0 Å². The number of aliphatic hydroxyl groups excluding tert-OH is 1. The fourth-order valence-electron chi connectivity index (χ4n) is 3.27. The summed E-state index contributed by atoms with van der Waals surface area (Å²) in [4.78, 5) is 2.40. The largest absolute Gasteiger partial charge is 0.396 e. The van der Waals surface area contributed by atoms with E-state index in [1.165, 1.54) is 58.0 Å². The molecule has 0 unspecified atom stereocenters. The van der Waals surface area contributed by atoms with Gasteiger partial charge in [0.15, 0.2) is 0 Å². The molecule has 17 heavy (non-hydrogen) atoms. The van der Waals surface area contributed by atoms with Crippen LogP contribution in [0.3, 0.4) is 0 Å². The van der Waals surface area contributed by atoms with E-state index in [4.69, 9.17) is 0 Å². The van der Waals surface area contributed by atoms with Crippen LogP contribution in [0.2, 0.25) is 0 Å². The van der Waals surface area contributed by atoms with Crippen LogP contribution < -0.4 is 5.32 Å². The van der Waals surface area contributed by atoms with Crippen LogP contribution in [0.25, 0.3) is 0 Å². The Bertz CT molecular complexity index is 218. The SMILES string of the molecule is CN1CCC(NCC2(CO)CCCCC2)CC1. The van der Waals surface area contributed by atoms with Crippen LogP contribution in [0, 0.1) is 5.41 Å². The maximum atomic E-state index is 9.66. The smallest absolute Gasteiger partial charge is 0.0499 e. The van der Waals surface area contributed by atoms with Crippen molar-refractivity contribution in [3.8, 4) is 0 Å². The van der Waals surface area contributed by atoms with Crippen molar-refractivity contribution < 1.29 is 5.11 Å². The van der Waals surface area contributed by atoms with Gasteiger partial charge in [-0.05, 0) is 45.8 Å². The highest BCUT2D eigenvalue weighted by Gasteiger charge is 2.32. The summed E-state index contributed by atoms with van der Waals surface area (Å²) in [5.74, 6) is 0. The Hall–Kier alpha value is -0.120. The van der Waals surface area contributed by atoms with Crippen LogP contribution in [-0.4, -0.2) is 49.3 Å². The summed E-state index contributed by atoms with van der Waals surface area (Å²) < 4.78 is 0. The van der Waals surface area contributed by atoms with Gasteiger partial charge in [0.25, 0.3) is 0 Å². The van der Waals surface area contributed by atoms with Gasteiger partial charge in [0.2, 0.25) is 0 Å². The Morgan fingerprint density at radius 3 is 2.41 bits per heavy atom. The zero-order valence-corrected chi connectivity index (χ0v) is 11.2. The number of hydrogen-bond acceptors (Lipinski definition) is 3. The van der Waals surface area contributed by atoms with Crippen molar-refractivity contribution in [3.05, 3.63) is 0 Å². The van der Waals surface area contributed by atoms with Crippen LogP contribution in [0.5, 0.6) is 0 Å². The Balaban J connectivity index is 1.75. The predicted molar refractivity (Wildman–Crippen MR) is 71.1 cm³/mol. The molecule has 0 spiro atoms. The fraction of sp³-hybridized carbons (Fsp3) is 1.00. The maximum Gasteiger partial charge on any atom is 0.0499 e. The highest BCUT2D eigenvalue weighted by Crippen LogP contribution is 2.35. The molecule has 1 saturated heterocycles. The second-order valence-corrected chi connectivity index (χ2v) is 6.18. The van der Waals surface area contributed by atoms with E-state index in [0.29, 0.717) is 12.6 Å². The van der Waals surface area contributed by atoms with Gasteiger partial charge in [-0.3, -0.25) is 0 Å². The molecule has 0 aromatic carbocycles. The quantitative estimate of drug-likeness (QED) is 0.784. The lowest BCUT2D eigenvalue weighted by Gasteiger charge is -2.38. The lowest BCUT2D eigenvalue weighted by atomic mass is 9.74. The zero-order chi connectivity index (χ0) is 12.1. The van der Waals surface area contributed by atoms with Gasteiger partial charge >= 0.3 is 0 Å². The van der Waals surface area contributed by atoms with Crippen molar-refractivity contribution in [2.75, 3.05) is 33.3 Å². The van der Waals surface area contributed by atoms with E-state index in [1.54, 1.807) is 0 Å². The Labute approximate surface area is 106 Å². The van der Waals surface area contributed by atoms with Crippen LogP contribution in [-0.2, 0) is 0 Å². The molecular weight excluding hydrogens is 212 g/mol. The van der Waals surface area contributed by atoms with E-state index in [0.717, 1.165) is 6.54 Å². The summed E-state index contributed by atoms with van der Waals surface area (Å²) in [7, 11) is 2.20. The van der Waals surface area contributed by atoms with E-state index in [2.05, 4.69) is 17.3 Å². The third kappa shape index (κ3) is 3.67. The van der Waals surface area contributed by atoms with Gasteiger partial charge in [-0.1, -0.05) is 19.3 Å². The van der Waals surface area contributed by atoms with Crippen LogP contribution in [0.15, 0.2) is 0 Å². The molecular formula is C14H28N2O. The summed E-state index contributed by atoms with van der Waals surface area (Å²) >= 11 is 0. The molecule has 100 valence electrons. The van der Waals surface area contributed by atoms with Gasteiger partial charge < -0.3 is 15.3 Å². The molecule has 2 fully saturated rings. The van der Waals surface area contributed by atoms with Crippen molar-refractivity contribution in [2.45, 2.75) is 51.0 Å². The predicted octanol–water partition coefficient (Wildman–Crippen LogP) is 1.61. The minimum Gasteiger partial charge on any atom is -0.396 e. The maximum absolute atomic E-state index is 9.66. The minimum atomic E-state index is 0.196. The van der Waals surface area contributed by atoms with E-state index in [9.17, 15) is 5.11 Å². The lowest BCUT2D eigenvalue weighted by Crippen LogP contribution is -2.46. The molecule has 0 radical (unpaired) electrons. The van der Waals surface area contributed by atoms with Crippen molar-refractivity contribution in [3.63, 3.8) is 0 Å². The number of rotatable bonds is 4. The molecule has 2 N–H and O–H groups in total. The third-order valence-electron chi connectivity index (χ3n) is 4.73. The number of piperidine rings is 1. The number of likely N-dealkylation sites (tertiary alicyclic amines) is 1. The molecule has 2 rings (SSSR count). The number of hydrogen-bond donors (Lipinski definition) is 2. The summed E-state index contributed by atoms with van der Waals surface area (Å²) in [5.41, 5.74) is 0.196. The zero-order valence-electron chi connectivity index (χ0n) is 11.2. The van der Waals surface area contributed by atoms with Crippen molar-refractivity contribution in [2.24, 2.45) is 5.41 Å². The van der Waals surface area contributed by atoms with E-state index >= 15 is 0 Å². The molecule has 0 aromatic rings. The van der Waals surface area contributed by atoms with E-state index in [1.807, 2.05) is 0 Å². The van der Waals surface area contributed by atoms with E-state index in [-0.39, 0.29) is 5.41 Å². The van der Waals surface area contributed by atoms with Crippen LogP contribution >= 0.6 is 0 Å². The molecule has 1 aliphatic carbocycles. The van der Waals surface area contributed by atoms with Gasteiger partial charge in [0.1, 0.15) is 0 Å². The summed E-state index contributed by atoms with van der Waals surface area (Å²) in [6.07, 6.45) is 8.91. The Morgan fingerprint density at radius 1 is 1.18 bits per heavy atom. The second-order valence-electron chi connectivity index (χ2n) is 6.18. The first-order valence-electron chi connectivity index (χ1n) is 7.27. The Morgan fingerprint density at radius 2 is 1.82 bits per heavy atom. The van der Waals surface area contributed by atoms with Gasteiger partial charge in [0.05, 0.1) is 0 Å². The average Bonchev–Trinajstić information content (AvgIpc) is 2.39. The number of nitrogens with zero attached hydrogens (tertiary/aromatic N) is 1. The molecule has 3 heteroatoms. The first-order chi connectivity index (χ1) is 8.24. The van der Waals surface area contributed by atoms with Gasteiger partial charge in [-0.25, -0.2) is 0 Å². The molecule has 0 bridgehead atoms. The van der Waals surface area contributed by atoms with Crippen molar-refractivity contribution >= 4 is 0 Å². The van der Waals surface area contributed by atoms with Gasteiger partial charge in [0, 0.05) is 24.6 Å². The minimum absolute atomic E-state index is 0.196. The van der Waals surface area contributed by atoms with Gasteiger partial charge in [-0.15, -0.1) is 0 Å². The summed E-state index contributed by atoms with van der Waals surface area (Å²) in [5, 5.41) is 13.4. The highest BCUT2D eigenvalue weighted by molar-refractivity contribution is 4.86. The standard InChI is InChI=1S/C14H28N2O/c1-16-9-5-13(6-10-16)15-11-14(12-17)7-3-2-4-8-14/h13,15,17H,2-12H2,1H3. The highest BCUT2D eigenvalue weighted by atomic mass is 16.3. The molecule has 0 aromatic heterocycles. The summed E-state index contributed by atoms with van der Waals surface area (Å²) in [6, 6.07) is 0.677. The van der Waals surface area contributed by atoms with Crippen molar-refractivity contribution in [1.29, 1.82) is 0 Å². The van der Waals surface area contributed by atoms with Gasteiger partial charge in [-0.2, -0.15) is 0 Å². The first-order valence-corrected chi connectivity index (χ1v) is 7.27. The molecule has 1 heterocycles. The Kier molecular flexibility index (Phi) is 4.83. The molecule has 1 saturated carbocycles. The van der Waals surface area contributed by atoms with Crippen LogP contribution in [0.4, 0.5) is 0 Å².